The van der Waals surface area contributed by atoms with Crippen molar-refractivity contribution in [3.63, 3.8) is 0 Å². The van der Waals surface area contributed by atoms with Gasteiger partial charge < -0.3 is 0 Å². The highest BCUT2D eigenvalue weighted by molar-refractivity contribution is 5.85. The summed E-state index contributed by atoms with van der Waals surface area (Å²) in [5, 5.41) is 0. The van der Waals surface area contributed by atoms with Gasteiger partial charge in [0.15, 0.2) is 0 Å². The highest BCUT2D eigenvalue weighted by Crippen LogP contribution is 2.11. The quantitative estimate of drug-likeness (QED) is 0.749. The van der Waals surface area contributed by atoms with E-state index in [-0.39, 0.29) is 12.4 Å². The summed E-state index contributed by atoms with van der Waals surface area (Å²) >= 11 is 0. The molecule has 2 rings (SSSR count). The topological polar surface area (TPSA) is 16.1 Å². The highest BCUT2D eigenvalue weighted by Gasteiger charge is 2.09. The summed E-state index contributed by atoms with van der Waals surface area (Å²) < 4.78 is 0. The molecule has 1 aromatic rings. The van der Waals surface area contributed by atoms with Crippen LogP contribution in [0.3, 0.4) is 0 Å². The van der Waals surface area contributed by atoms with Gasteiger partial charge in [0.1, 0.15) is 0 Å². The fourth-order valence-electron chi connectivity index (χ4n) is 1.86. The number of hydrogen-bond donors (Lipinski definition) is 0. The minimum atomic E-state index is 0. The van der Waals surface area contributed by atoms with Gasteiger partial charge in [-0.2, -0.15) is 0 Å². The average Bonchev–Trinajstić information content (AvgIpc) is 2.21. The lowest BCUT2D eigenvalue weighted by Gasteiger charge is -2.26. The summed E-state index contributed by atoms with van der Waals surface area (Å²) in [6.07, 6.45) is 7.89. The van der Waals surface area contributed by atoms with E-state index in [0.717, 1.165) is 6.54 Å². The Morgan fingerprint density at radius 1 is 1.07 bits per heavy atom. The van der Waals surface area contributed by atoms with Crippen molar-refractivity contribution in [2.24, 2.45) is 0 Å². The number of likely N-dealkylation sites (tertiary alicyclic amines) is 1. The van der Waals surface area contributed by atoms with Crippen LogP contribution in [-0.2, 0) is 6.54 Å². The van der Waals surface area contributed by atoms with Crippen LogP contribution in [-0.4, -0.2) is 23.0 Å². The molecular formula is C11H17ClN2. The van der Waals surface area contributed by atoms with Crippen LogP contribution in [0.1, 0.15) is 24.8 Å². The fourth-order valence-corrected chi connectivity index (χ4v) is 1.86. The van der Waals surface area contributed by atoms with Crippen LogP contribution in [0.5, 0.6) is 0 Å². The van der Waals surface area contributed by atoms with E-state index < -0.39 is 0 Å². The van der Waals surface area contributed by atoms with Crippen LogP contribution in [0.2, 0.25) is 0 Å². The fraction of sp³-hybridized carbons (Fsp3) is 0.545. The third kappa shape index (κ3) is 3.28. The zero-order chi connectivity index (χ0) is 8.93. The first-order chi connectivity index (χ1) is 6.45. The molecule has 0 N–H and O–H groups in total. The predicted octanol–water partition coefficient (Wildman–Crippen LogP) is 2.49. The Kier molecular flexibility index (Phi) is 4.91. The smallest absolute Gasteiger partial charge is 0.0271 e. The van der Waals surface area contributed by atoms with Crippen LogP contribution in [0.25, 0.3) is 0 Å². The van der Waals surface area contributed by atoms with Crippen LogP contribution >= 0.6 is 12.4 Å². The normalized spacial score (nSPS) is 17.4. The van der Waals surface area contributed by atoms with Crippen LogP contribution in [0.4, 0.5) is 0 Å². The van der Waals surface area contributed by atoms with Crippen LogP contribution in [0, 0.1) is 0 Å². The van der Waals surface area contributed by atoms with Crippen LogP contribution in [0.15, 0.2) is 24.5 Å². The van der Waals surface area contributed by atoms with Gasteiger partial charge in [0, 0.05) is 18.9 Å². The molecule has 1 aliphatic heterocycles. The first kappa shape index (κ1) is 11.5. The van der Waals surface area contributed by atoms with Gasteiger partial charge in [-0.25, -0.2) is 0 Å². The molecule has 0 atom stereocenters. The maximum absolute atomic E-state index is 4.02. The summed E-state index contributed by atoms with van der Waals surface area (Å²) in [4.78, 5) is 6.55. The molecule has 0 amide bonds. The monoisotopic (exact) mass is 212 g/mol. The van der Waals surface area contributed by atoms with Crippen molar-refractivity contribution in [3.8, 4) is 0 Å². The molecule has 0 bridgehead atoms. The molecule has 1 aliphatic rings. The number of pyridine rings is 1. The predicted molar refractivity (Wildman–Crippen MR) is 60.6 cm³/mol. The molecule has 2 nitrogen and oxygen atoms in total. The standard InChI is InChI=1S/C11H16N2.ClH/c1-2-8-13(9-3-1)10-11-4-6-12-7-5-11;/h4-7H,1-3,8-10H2;1H. The minimum absolute atomic E-state index is 0. The summed E-state index contributed by atoms with van der Waals surface area (Å²) in [7, 11) is 0. The number of hydrogen-bond acceptors (Lipinski definition) is 2. The third-order valence-corrected chi connectivity index (χ3v) is 2.60. The lowest BCUT2D eigenvalue weighted by Crippen LogP contribution is -2.29. The second kappa shape index (κ2) is 5.99. The van der Waals surface area contributed by atoms with Gasteiger partial charge >= 0.3 is 0 Å². The second-order valence-corrected chi connectivity index (χ2v) is 3.69. The molecule has 14 heavy (non-hydrogen) atoms. The molecule has 1 aromatic heterocycles. The molecule has 1 fully saturated rings. The molecular weight excluding hydrogens is 196 g/mol. The molecule has 3 heteroatoms. The van der Waals surface area contributed by atoms with Crippen molar-refractivity contribution in [1.29, 1.82) is 0 Å². The summed E-state index contributed by atoms with van der Waals surface area (Å²) in [6.45, 7) is 3.63. The number of nitrogens with zero attached hydrogens (tertiary/aromatic N) is 2. The summed E-state index contributed by atoms with van der Waals surface area (Å²) in [6, 6.07) is 4.21. The lowest BCUT2D eigenvalue weighted by molar-refractivity contribution is 0.221. The second-order valence-electron chi connectivity index (χ2n) is 3.69. The van der Waals surface area contributed by atoms with Crippen molar-refractivity contribution in [2.45, 2.75) is 25.8 Å². The Hall–Kier alpha value is -0.600. The van der Waals surface area contributed by atoms with Crippen molar-refractivity contribution >= 4 is 12.4 Å². The Bertz CT molecular complexity index is 245. The molecule has 0 spiro atoms. The molecule has 0 unspecified atom stereocenters. The molecule has 0 saturated carbocycles. The van der Waals surface area contributed by atoms with Gasteiger partial charge in [-0.3, -0.25) is 9.88 Å². The Morgan fingerprint density at radius 3 is 2.36 bits per heavy atom. The van der Waals surface area contributed by atoms with Gasteiger partial charge in [-0.15, -0.1) is 12.4 Å². The van der Waals surface area contributed by atoms with Gasteiger partial charge in [0.25, 0.3) is 0 Å². The first-order valence-corrected chi connectivity index (χ1v) is 5.06. The molecule has 78 valence electrons. The summed E-state index contributed by atoms with van der Waals surface area (Å²) in [5.41, 5.74) is 1.39. The van der Waals surface area contributed by atoms with E-state index in [9.17, 15) is 0 Å². The van der Waals surface area contributed by atoms with E-state index in [2.05, 4.69) is 22.0 Å². The average molecular weight is 213 g/mol. The number of piperidine rings is 1. The molecule has 0 aliphatic carbocycles. The zero-order valence-electron chi connectivity index (χ0n) is 8.35. The van der Waals surface area contributed by atoms with E-state index in [1.165, 1.54) is 37.9 Å². The zero-order valence-corrected chi connectivity index (χ0v) is 9.17. The van der Waals surface area contributed by atoms with E-state index in [4.69, 9.17) is 0 Å². The number of rotatable bonds is 2. The highest BCUT2D eigenvalue weighted by atomic mass is 35.5. The number of halogens is 1. The lowest BCUT2D eigenvalue weighted by atomic mass is 10.1. The van der Waals surface area contributed by atoms with Crippen molar-refractivity contribution in [3.05, 3.63) is 30.1 Å². The Balaban J connectivity index is 0.000000980. The van der Waals surface area contributed by atoms with Crippen LogP contribution < -0.4 is 0 Å². The SMILES string of the molecule is Cl.c1cc(CN2CCCCC2)ccn1. The largest absolute Gasteiger partial charge is 0.299 e. The van der Waals surface area contributed by atoms with Gasteiger partial charge in [0.05, 0.1) is 0 Å². The van der Waals surface area contributed by atoms with Crippen molar-refractivity contribution in [1.82, 2.24) is 9.88 Å². The molecule has 2 heterocycles. The van der Waals surface area contributed by atoms with Gasteiger partial charge in [0.2, 0.25) is 0 Å². The third-order valence-electron chi connectivity index (χ3n) is 2.60. The molecule has 1 saturated heterocycles. The summed E-state index contributed by atoms with van der Waals surface area (Å²) in [5.74, 6) is 0. The minimum Gasteiger partial charge on any atom is -0.299 e. The van der Waals surface area contributed by atoms with Crippen molar-refractivity contribution < 1.29 is 0 Å². The van der Waals surface area contributed by atoms with Gasteiger partial charge in [-0.1, -0.05) is 6.42 Å². The van der Waals surface area contributed by atoms with E-state index >= 15 is 0 Å². The Labute approximate surface area is 91.7 Å². The van der Waals surface area contributed by atoms with E-state index in [1.807, 2.05) is 12.4 Å². The Morgan fingerprint density at radius 2 is 1.71 bits per heavy atom. The molecule has 0 aromatic carbocycles. The van der Waals surface area contributed by atoms with Crippen molar-refractivity contribution in [2.75, 3.05) is 13.1 Å². The molecule has 0 radical (unpaired) electrons. The van der Waals surface area contributed by atoms with E-state index in [0.29, 0.717) is 0 Å². The maximum Gasteiger partial charge on any atom is 0.0271 e. The van der Waals surface area contributed by atoms with Gasteiger partial charge in [-0.05, 0) is 43.6 Å². The first-order valence-electron chi connectivity index (χ1n) is 5.06. The number of aromatic nitrogens is 1. The van der Waals surface area contributed by atoms with E-state index in [1.54, 1.807) is 0 Å². The maximum atomic E-state index is 4.02.